The number of hydrogen-bond acceptors (Lipinski definition) is 4. The second-order valence-corrected chi connectivity index (χ2v) is 2.45. The molecular formula is C9H7N3O2. The first kappa shape index (κ1) is 9.86. The molecule has 1 aromatic heterocycles. The fourth-order valence-electron chi connectivity index (χ4n) is 0.778. The minimum absolute atomic E-state index is 0.0417. The highest BCUT2D eigenvalue weighted by Crippen LogP contribution is 1.99. The van der Waals surface area contributed by atoms with Crippen LogP contribution in [-0.2, 0) is 4.79 Å². The fourth-order valence-corrected chi connectivity index (χ4v) is 0.778. The second-order valence-electron chi connectivity index (χ2n) is 2.45. The van der Waals surface area contributed by atoms with E-state index in [1.54, 1.807) is 12.1 Å². The van der Waals surface area contributed by atoms with Gasteiger partial charge in [0.1, 0.15) is 6.07 Å². The van der Waals surface area contributed by atoms with Crippen LogP contribution in [0.2, 0.25) is 0 Å². The van der Waals surface area contributed by atoms with Gasteiger partial charge >= 0.3 is 5.97 Å². The normalized spacial score (nSPS) is 9.93. The van der Waals surface area contributed by atoms with Crippen molar-refractivity contribution in [2.24, 2.45) is 0 Å². The number of nitriles is 1. The lowest BCUT2D eigenvalue weighted by atomic mass is 10.3. The molecule has 0 saturated carbocycles. The van der Waals surface area contributed by atoms with Gasteiger partial charge < -0.3 is 5.11 Å². The Kier molecular flexibility index (Phi) is 3.33. The minimum Gasteiger partial charge on any atom is -0.481 e. The molecule has 70 valence electrons. The van der Waals surface area contributed by atoms with Crippen molar-refractivity contribution in [3.8, 4) is 6.07 Å². The summed E-state index contributed by atoms with van der Waals surface area (Å²) in [6.07, 6.45) is 5.97. The summed E-state index contributed by atoms with van der Waals surface area (Å²) in [6, 6.07) is 1.79. The fraction of sp³-hybridized carbons (Fsp3) is 0.111. The van der Waals surface area contributed by atoms with E-state index in [1.165, 1.54) is 18.5 Å². The van der Waals surface area contributed by atoms with E-state index in [0.29, 0.717) is 5.56 Å². The predicted octanol–water partition coefficient (Wildman–Crippen LogP) is 0.836. The molecule has 0 amide bonds. The molecule has 0 aromatic carbocycles. The van der Waals surface area contributed by atoms with Crippen molar-refractivity contribution in [1.29, 1.82) is 5.26 Å². The number of hydrogen-bond donors (Lipinski definition) is 1. The van der Waals surface area contributed by atoms with Crippen LogP contribution in [0.4, 0.5) is 0 Å². The highest BCUT2D eigenvalue weighted by Gasteiger charge is 1.93. The van der Waals surface area contributed by atoms with Crippen LogP contribution in [0, 0.1) is 11.3 Å². The lowest BCUT2D eigenvalue weighted by Crippen LogP contribution is -1.90. The van der Waals surface area contributed by atoms with E-state index in [2.05, 4.69) is 9.97 Å². The summed E-state index contributed by atoms with van der Waals surface area (Å²) >= 11 is 0. The molecule has 0 saturated heterocycles. The van der Waals surface area contributed by atoms with Crippen molar-refractivity contribution in [3.63, 3.8) is 0 Å². The van der Waals surface area contributed by atoms with E-state index in [9.17, 15) is 4.79 Å². The van der Waals surface area contributed by atoms with Crippen LogP contribution in [0.3, 0.4) is 0 Å². The van der Waals surface area contributed by atoms with E-state index in [1.807, 2.05) is 0 Å². The summed E-state index contributed by atoms with van der Waals surface area (Å²) < 4.78 is 0. The van der Waals surface area contributed by atoms with Crippen LogP contribution in [0.5, 0.6) is 0 Å². The second kappa shape index (κ2) is 4.72. The Morgan fingerprint density at radius 1 is 1.57 bits per heavy atom. The van der Waals surface area contributed by atoms with Crippen molar-refractivity contribution in [1.82, 2.24) is 9.97 Å². The molecule has 0 aliphatic heterocycles. The largest absolute Gasteiger partial charge is 0.481 e. The topological polar surface area (TPSA) is 86.9 Å². The third-order valence-corrected chi connectivity index (χ3v) is 1.37. The highest BCUT2D eigenvalue weighted by molar-refractivity contribution is 5.70. The summed E-state index contributed by atoms with van der Waals surface area (Å²) in [6.45, 7) is 0. The van der Waals surface area contributed by atoms with E-state index in [0.717, 1.165) is 0 Å². The molecule has 0 bridgehead atoms. The van der Waals surface area contributed by atoms with Gasteiger partial charge in [-0.15, -0.1) is 0 Å². The third kappa shape index (κ3) is 3.03. The molecule has 5 nitrogen and oxygen atoms in total. The zero-order valence-corrected chi connectivity index (χ0v) is 7.21. The molecule has 0 spiro atoms. The third-order valence-electron chi connectivity index (χ3n) is 1.37. The Bertz CT molecular complexity index is 390. The average molecular weight is 189 g/mol. The molecule has 0 aliphatic carbocycles. The molecule has 5 heteroatoms. The first-order valence-corrected chi connectivity index (χ1v) is 3.83. The van der Waals surface area contributed by atoms with Gasteiger partial charge in [0.25, 0.3) is 0 Å². The summed E-state index contributed by atoms with van der Waals surface area (Å²) in [5, 5.41) is 16.8. The van der Waals surface area contributed by atoms with Gasteiger partial charge in [-0.05, 0) is 0 Å². The zero-order valence-electron chi connectivity index (χ0n) is 7.21. The Morgan fingerprint density at radius 2 is 2.21 bits per heavy atom. The van der Waals surface area contributed by atoms with Crippen molar-refractivity contribution in [2.75, 3.05) is 0 Å². The first-order valence-electron chi connectivity index (χ1n) is 3.83. The number of aliphatic carboxylic acids is 1. The van der Waals surface area contributed by atoms with Crippen LogP contribution in [-0.4, -0.2) is 21.0 Å². The van der Waals surface area contributed by atoms with Gasteiger partial charge in [-0.25, -0.2) is 9.97 Å². The van der Waals surface area contributed by atoms with Gasteiger partial charge in [0, 0.05) is 18.0 Å². The van der Waals surface area contributed by atoms with Gasteiger partial charge in [0.15, 0.2) is 0 Å². The van der Waals surface area contributed by atoms with Gasteiger partial charge in [-0.2, -0.15) is 5.26 Å². The van der Waals surface area contributed by atoms with E-state index >= 15 is 0 Å². The maximum atomic E-state index is 10.2. The lowest BCUT2D eigenvalue weighted by molar-refractivity contribution is -0.135. The Morgan fingerprint density at radius 3 is 2.71 bits per heavy atom. The number of carboxylic acids is 1. The van der Waals surface area contributed by atoms with Crippen LogP contribution < -0.4 is 0 Å². The van der Waals surface area contributed by atoms with Crippen molar-refractivity contribution < 1.29 is 9.90 Å². The van der Waals surface area contributed by atoms with E-state index in [4.69, 9.17) is 10.4 Å². The molecule has 0 unspecified atom stereocenters. The SMILES string of the molecule is N#Cc1ncc(C=CCC(=O)O)cn1. The van der Waals surface area contributed by atoms with Crippen molar-refractivity contribution in [3.05, 3.63) is 29.9 Å². The van der Waals surface area contributed by atoms with Crippen LogP contribution >= 0.6 is 0 Å². The monoisotopic (exact) mass is 189 g/mol. The Labute approximate surface area is 80.4 Å². The average Bonchev–Trinajstić information content (AvgIpc) is 2.18. The lowest BCUT2D eigenvalue weighted by Gasteiger charge is -1.90. The molecule has 0 aliphatic rings. The predicted molar refractivity (Wildman–Crippen MR) is 48.0 cm³/mol. The number of carbonyl (C=O) groups is 1. The summed E-state index contributed by atoms with van der Waals surface area (Å²) in [7, 11) is 0. The molecule has 0 radical (unpaired) electrons. The van der Waals surface area contributed by atoms with Crippen molar-refractivity contribution >= 4 is 12.0 Å². The number of carboxylic acid groups (broad SMARTS) is 1. The molecule has 1 N–H and O–H groups in total. The Balaban J connectivity index is 2.65. The highest BCUT2D eigenvalue weighted by atomic mass is 16.4. The molecule has 1 aromatic rings. The van der Waals surface area contributed by atoms with Gasteiger partial charge in [0.2, 0.25) is 5.82 Å². The molecule has 1 rings (SSSR count). The maximum Gasteiger partial charge on any atom is 0.307 e. The Hall–Kier alpha value is -2.22. The smallest absolute Gasteiger partial charge is 0.307 e. The summed E-state index contributed by atoms with van der Waals surface area (Å²) in [5.41, 5.74) is 0.672. The maximum absolute atomic E-state index is 10.2. The zero-order chi connectivity index (χ0) is 10.4. The first-order chi connectivity index (χ1) is 6.72. The summed E-state index contributed by atoms with van der Waals surface area (Å²) in [5.74, 6) is -0.795. The van der Waals surface area contributed by atoms with E-state index in [-0.39, 0.29) is 12.2 Å². The van der Waals surface area contributed by atoms with Crippen LogP contribution in [0.15, 0.2) is 18.5 Å². The van der Waals surface area contributed by atoms with Gasteiger partial charge in [-0.3, -0.25) is 4.79 Å². The summed E-state index contributed by atoms with van der Waals surface area (Å²) in [4.78, 5) is 17.6. The molecular weight excluding hydrogens is 182 g/mol. The van der Waals surface area contributed by atoms with E-state index < -0.39 is 5.97 Å². The van der Waals surface area contributed by atoms with Gasteiger partial charge in [0.05, 0.1) is 6.42 Å². The number of rotatable bonds is 3. The number of nitrogens with zero attached hydrogens (tertiary/aromatic N) is 3. The molecule has 14 heavy (non-hydrogen) atoms. The minimum atomic E-state index is -0.893. The molecule has 0 atom stereocenters. The quantitative estimate of drug-likeness (QED) is 0.761. The van der Waals surface area contributed by atoms with Crippen molar-refractivity contribution in [2.45, 2.75) is 6.42 Å². The molecule has 1 heterocycles. The number of aromatic nitrogens is 2. The standard InChI is InChI=1S/C9H7N3O2/c10-4-8-11-5-7(6-12-8)2-1-3-9(13)14/h1-2,5-6H,3H2,(H,13,14). The molecule has 0 fully saturated rings. The van der Waals surface area contributed by atoms with Crippen LogP contribution in [0.1, 0.15) is 17.8 Å². The van der Waals surface area contributed by atoms with Gasteiger partial charge in [-0.1, -0.05) is 12.2 Å². The van der Waals surface area contributed by atoms with Crippen LogP contribution in [0.25, 0.3) is 6.08 Å².